The lowest BCUT2D eigenvalue weighted by atomic mass is 10.1. The molecule has 2 N–H and O–H groups in total. The van der Waals surface area contributed by atoms with Crippen molar-refractivity contribution in [2.45, 2.75) is 20.3 Å². The van der Waals surface area contributed by atoms with Gasteiger partial charge in [0, 0.05) is 25.7 Å². The van der Waals surface area contributed by atoms with Gasteiger partial charge in [-0.15, -0.1) is 0 Å². The summed E-state index contributed by atoms with van der Waals surface area (Å²) in [4.78, 5) is 25.0. The summed E-state index contributed by atoms with van der Waals surface area (Å²) in [7, 11) is 1.84. The van der Waals surface area contributed by atoms with Gasteiger partial charge in [-0.25, -0.2) is 9.97 Å². The third-order valence-corrected chi connectivity index (χ3v) is 4.43. The topological polar surface area (TPSA) is 88.5 Å². The zero-order valence-electron chi connectivity index (χ0n) is 15.0. The molecule has 0 radical (unpaired) electrons. The Bertz CT molecular complexity index is 1090. The molecule has 7 nitrogen and oxygen atoms in total. The lowest BCUT2D eigenvalue weighted by Crippen LogP contribution is -2.26. The van der Waals surface area contributed by atoms with E-state index in [4.69, 9.17) is 0 Å². The number of pyridine rings is 1. The SMILES string of the molecule is Cc1cc(C(=O)NCCc2nc3ccccc3[nH]2)c2c(C)nn(C)c2n1. The number of aryl methyl sites for hydroxylation is 3. The average Bonchev–Trinajstić information content (AvgIpc) is 3.14. The molecule has 3 aromatic heterocycles. The normalized spacial score (nSPS) is 11.3. The molecule has 7 heteroatoms. The Hall–Kier alpha value is -3.22. The van der Waals surface area contributed by atoms with Crippen LogP contribution in [-0.4, -0.2) is 37.2 Å². The van der Waals surface area contributed by atoms with Crippen molar-refractivity contribution in [1.82, 2.24) is 30.0 Å². The fourth-order valence-electron chi connectivity index (χ4n) is 3.26. The Morgan fingerprint density at radius 3 is 2.85 bits per heavy atom. The lowest BCUT2D eigenvalue weighted by molar-refractivity contribution is 0.0955. The number of aromatic nitrogens is 5. The van der Waals surface area contributed by atoms with Gasteiger partial charge in [-0.2, -0.15) is 5.10 Å². The van der Waals surface area contributed by atoms with Crippen molar-refractivity contribution in [3.05, 3.63) is 53.1 Å². The van der Waals surface area contributed by atoms with Crippen LogP contribution in [0.15, 0.2) is 30.3 Å². The molecule has 0 spiro atoms. The molecule has 3 heterocycles. The van der Waals surface area contributed by atoms with Crippen LogP contribution in [0.3, 0.4) is 0 Å². The highest BCUT2D eigenvalue weighted by Gasteiger charge is 2.17. The number of amides is 1. The molecule has 1 aromatic carbocycles. The number of imidazole rings is 1. The Morgan fingerprint density at radius 2 is 2.04 bits per heavy atom. The summed E-state index contributed by atoms with van der Waals surface area (Å²) < 4.78 is 1.71. The summed E-state index contributed by atoms with van der Waals surface area (Å²) >= 11 is 0. The summed E-state index contributed by atoms with van der Waals surface area (Å²) in [5.41, 5.74) is 4.88. The third kappa shape index (κ3) is 2.81. The van der Waals surface area contributed by atoms with E-state index in [9.17, 15) is 4.79 Å². The van der Waals surface area contributed by atoms with Crippen molar-refractivity contribution in [2.75, 3.05) is 6.54 Å². The fourth-order valence-corrected chi connectivity index (χ4v) is 3.26. The van der Waals surface area contributed by atoms with Gasteiger partial charge in [-0.3, -0.25) is 9.48 Å². The van der Waals surface area contributed by atoms with E-state index in [0.29, 0.717) is 18.5 Å². The van der Waals surface area contributed by atoms with Crippen LogP contribution in [0.4, 0.5) is 0 Å². The zero-order chi connectivity index (χ0) is 18.3. The van der Waals surface area contributed by atoms with E-state index in [-0.39, 0.29) is 5.91 Å². The standard InChI is InChI=1S/C19H20N6O/c1-11-10-13(17-12(2)24-25(3)18(17)21-11)19(26)20-9-8-16-22-14-6-4-5-7-15(14)23-16/h4-7,10H,8-9H2,1-3H3,(H,20,26)(H,22,23). The number of carbonyl (C=O) groups excluding carboxylic acids is 1. The molecule has 0 aliphatic carbocycles. The van der Waals surface area contributed by atoms with Crippen LogP contribution in [0, 0.1) is 13.8 Å². The number of hydrogen-bond donors (Lipinski definition) is 2. The van der Waals surface area contributed by atoms with Gasteiger partial charge < -0.3 is 10.3 Å². The molecule has 0 aliphatic heterocycles. The maximum absolute atomic E-state index is 12.7. The first-order valence-electron chi connectivity index (χ1n) is 8.55. The van der Waals surface area contributed by atoms with Crippen molar-refractivity contribution >= 4 is 28.0 Å². The molecule has 0 aliphatic rings. The van der Waals surface area contributed by atoms with Gasteiger partial charge in [0.2, 0.25) is 0 Å². The van der Waals surface area contributed by atoms with Gasteiger partial charge in [0.05, 0.1) is 27.7 Å². The van der Waals surface area contributed by atoms with Crippen molar-refractivity contribution in [3.8, 4) is 0 Å². The number of para-hydroxylation sites is 2. The van der Waals surface area contributed by atoms with Crippen molar-refractivity contribution < 1.29 is 4.79 Å². The van der Waals surface area contributed by atoms with Crippen molar-refractivity contribution in [1.29, 1.82) is 0 Å². The van der Waals surface area contributed by atoms with Crippen molar-refractivity contribution in [3.63, 3.8) is 0 Å². The second kappa shape index (κ2) is 6.25. The number of H-pyrrole nitrogens is 1. The molecule has 1 amide bonds. The molecule has 132 valence electrons. The van der Waals surface area contributed by atoms with Crippen LogP contribution in [-0.2, 0) is 13.5 Å². The molecular formula is C19H20N6O. The fraction of sp³-hybridized carbons (Fsp3) is 0.263. The molecule has 0 fully saturated rings. The van der Waals surface area contributed by atoms with Gasteiger partial charge >= 0.3 is 0 Å². The van der Waals surface area contributed by atoms with Crippen LogP contribution in [0.1, 0.15) is 27.6 Å². The number of rotatable bonds is 4. The van der Waals surface area contributed by atoms with Gasteiger partial charge in [0.1, 0.15) is 5.82 Å². The molecule has 26 heavy (non-hydrogen) atoms. The van der Waals surface area contributed by atoms with E-state index in [1.54, 1.807) is 4.68 Å². The molecule has 4 rings (SSSR count). The van der Waals surface area contributed by atoms with Gasteiger partial charge in [-0.1, -0.05) is 12.1 Å². The maximum atomic E-state index is 12.7. The number of hydrogen-bond acceptors (Lipinski definition) is 4. The second-order valence-corrected chi connectivity index (χ2v) is 6.43. The molecule has 0 bridgehead atoms. The Morgan fingerprint density at radius 1 is 1.23 bits per heavy atom. The summed E-state index contributed by atoms with van der Waals surface area (Å²) in [6, 6.07) is 9.70. The van der Waals surface area contributed by atoms with Gasteiger partial charge in [-0.05, 0) is 32.0 Å². The Kier molecular flexibility index (Phi) is 3.91. The number of carbonyl (C=O) groups is 1. The Labute approximate surface area is 150 Å². The average molecular weight is 348 g/mol. The van der Waals surface area contributed by atoms with E-state index in [1.165, 1.54) is 0 Å². The summed E-state index contributed by atoms with van der Waals surface area (Å²) in [6.45, 7) is 4.28. The second-order valence-electron chi connectivity index (χ2n) is 6.43. The van der Waals surface area contributed by atoms with E-state index in [0.717, 1.165) is 39.3 Å². The molecule has 0 unspecified atom stereocenters. The minimum Gasteiger partial charge on any atom is -0.352 e. The molecule has 0 atom stereocenters. The molecule has 0 saturated carbocycles. The number of nitrogens with zero attached hydrogens (tertiary/aromatic N) is 4. The maximum Gasteiger partial charge on any atom is 0.252 e. The highest BCUT2D eigenvalue weighted by molar-refractivity contribution is 6.06. The molecular weight excluding hydrogens is 328 g/mol. The predicted molar refractivity (Wildman–Crippen MR) is 100 cm³/mol. The number of benzene rings is 1. The minimum atomic E-state index is -0.118. The van der Waals surface area contributed by atoms with Crippen LogP contribution in [0.5, 0.6) is 0 Å². The molecule has 4 aromatic rings. The van der Waals surface area contributed by atoms with E-state index in [2.05, 4.69) is 25.4 Å². The van der Waals surface area contributed by atoms with Crippen LogP contribution in [0.25, 0.3) is 22.1 Å². The first-order valence-corrected chi connectivity index (χ1v) is 8.55. The van der Waals surface area contributed by atoms with Gasteiger partial charge in [0.25, 0.3) is 5.91 Å². The smallest absolute Gasteiger partial charge is 0.252 e. The largest absolute Gasteiger partial charge is 0.352 e. The third-order valence-electron chi connectivity index (χ3n) is 4.43. The Balaban J connectivity index is 1.52. The summed E-state index contributed by atoms with van der Waals surface area (Å²) in [6.07, 6.45) is 0.639. The zero-order valence-corrected chi connectivity index (χ0v) is 15.0. The van der Waals surface area contributed by atoms with Crippen LogP contribution < -0.4 is 5.32 Å². The quantitative estimate of drug-likeness (QED) is 0.593. The minimum absolute atomic E-state index is 0.118. The van der Waals surface area contributed by atoms with E-state index in [1.807, 2.05) is 51.2 Å². The summed E-state index contributed by atoms with van der Waals surface area (Å²) in [5, 5.41) is 8.17. The first kappa shape index (κ1) is 16.3. The summed E-state index contributed by atoms with van der Waals surface area (Å²) in [5.74, 6) is 0.743. The van der Waals surface area contributed by atoms with Crippen molar-refractivity contribution in [2.24, 2.45) is 7.05 Å². The predicted octanol–water partition coefficient (Wildman–Crippen LogP) is 2.43. The number of aromatic amines is 1. The lowest BCUT2D eigenvalue weighted by Gasteiger charge is -2.07. The number of nitrogens with one attached hydrogen (secondary N) is 2. The highest BCUT2D eigenvalue weighted by atomic mass is 16.1. The van der Waals surface area contributed by atoms with Crippen LogP contribution >= 0.6 is 0 Å². The molecule has 0 saturated heterocycles. The van der Waals surface area contributed by atoms with Crippen LogP contribution in [0.2, 0.25) is 0 Å². The van der Waals surface area contributed by atoms with E-state index < -0.39 is 0 Å². The van der Waals surface area contributed by atoms with E-state index >= 15 is 0 Å². The first-order chi connectivity index (χ1) is 12.5. The van der Waals surface area contributed by atoms with Gasteiger partial charge in [0.15, 0.2) is 5.65 Å². The number of fused-ring (bicyclic) bond motifs is 2. The highest BCUT2D eigenvalue weighted by Crippen LogP contribution is 2.21. The monoisotopic (exact) mass is 348 g/mol.